The van der Waals surface area contributed by atoms with Crippen molar-refractivity contribution in [3.05, 3.63) is 28.2 Å². The van der Waals surface area contributed by atoms with Crippen molar-refractivity contribution in [1.82, 2.24) is 0 Å². The molecule has 0 aliphatic rings. The van der Waals surface area contributed by atoms with E-state index in [2.05, 4.69) is 15.9 Å². The van der Waals surface area contributed by atoms with E-state index < -0.39 is 0 Å². The van der Waals surface area contributed by atoms with Crippen LogP contribution in [0.2, 0.25) is 0 Å². The first-order valence-corrected chi connectivity index (χ1v) is 5.77. The average Bonchev–Trinajstić information content (AvgIpc) is 2.21. The third kappa shape index (κ3) is 2.59. The first-order valence-electron chi connectivity index (χ1n) is 4.98. The Morgan fingerprint density at radius 2 is 2.07 bits per heavy atom. The van der Waals surface area contributed by atoms with Crippen LogP contribution in [0.15, 0.2) is 22.7 Å². The van der Waals surface area contributed by atoms with Gasteiger partial charge in [0, 0.05) is 21.1 Å². The summed E-state index contributed by atoms with van der Waals surface area (Å²) in [4.78, 5) is 12.1. The maximum atomic E-state index is 12.1. The van der Waals surface area contributed by atoms with Crippen LogP contribution in [0.4, 0.5) is 5.69 Å². The van der Waals surface area contributed by atoms with Crippen LogP contribution in [0.3, 0.4) is 0 Å². The molecule has 15 heavy (non-hydrogen) atoms. The van der Waals surface area contributed by atoms with E-state index in [4.69, 9.17) is 5.73 Å². The zero-order chi connectivity index (χ0) is 11.6. The van der Waals surface area contributed by atoms with E-state index in [0.717, 1.165) is 10.9 Å². The second-order valence-electron chi connectivity index (χ2n) is 4.30. The maximum absolute atomic E-state index is 12.1. The van der Waals surface area contributed by atoms with Gasteiger partial charge in [0.1, 0.15) is 0 Å². The Hall–Kier alpha value is -0.830. The Morgan fingerprint density at radius 3 is 2.53 bits per heavy atom. The Bertz CT molecular complexity index is 385. The fourth-order valence-electron chi connectivity index (χ4n) is 1.22. The molecule has 0 unspecified atom stereocenters. The first-order chi connectivity index (χ1) is 6.88. The summed E-state index contributed by atoms with van der Waals surface area (Å²) >= 11 is 3.33. The van der Waals surface area contributed by atoms with Crippen LogP contribution in [-0.2, 0) is 0 Å². The van der Waals surface area contributed by atoms with Crippen LogP contribution < -0.4 is 5.73 Å². The Kier molecular flexibility index (Phi) is 3.55. The number of benzene rings is 1. The molecule has 1 aromatic carbocycles. The van der Waals surface area contributed by atoms with E-state index in [-0.39, 0.29) is 11.2 Å². The van der Waals surface area contributed by atoms with E-state index in [1.54, 1.807) is 18.2 Å². The molecule has 3 heteroatoms. The van der Waals surface area contributed by atoms with Crippen molar-refractivity contribution in [2.45, 2.75) is 27.2 Å². The van der Waals surface area contributed by atoms with Crippen LogP contribution >= 0.6 is 15.9 Å². The molecule has 0 atom stereocenters. The van der Waals surface area contributed by atoms with Crippen molar-refractivity contribution < 1.29 is 4.79 Å². The molecule has 0 heterocycles. The van der Waals surface area contributed by atoms with Crippen molar-refractivity contribution in [2.24, 2.45) is 5.41 Å². The molecule has 82 valence electrons. The van der Waals surface area contributed by atoms with Crippen LogP contribution in [0, 0.1) is 5.41 Å². The highest BCUT2D eigenvalue weighted by Gasteiger charge is 2.26. The number of carbonyl (C=O) groups excluding carboxylic acids is 1. The lowest BCUT2D eigenvalue weighted by Gasteiger charge is -2.21. The third-order valence-electron chi connectivity index (χ3n) is 2.76. The first kappa shape index (κ1) is 12.2. The number of Topliss-reactive ketones (excluding diaryl/α,β-unsaturated/α-hetero) is 1. The van der Waals surface area contributed by atoms with E-state index in [0.29, 0.717) is 11.3 Å². The van der Waals surface area contributed by atoms with Gasteiger partial charge in [-0.1, -0.05) is 20.8 Å². The molecule has 0 amide bonds. The molecule has 0 aliphatic carbocycles. The second kappa shape index (κ2) is 4.35. The summed E-state index contributed by atoms with van der Waals surface area (Å²) in [7, 11) is 0. The zero-order valence-corrected chi connectivity index (χ0v) is 10.9. The van der Waals surface area contributed by atoms with Gasteiger partial charge in [-0.3, -0.25) is 4.79 Å². The van der Waals surface area contributed by atoms with E-state index in [1.807, 2.05) is 20.8 Å². The lowest BCUT2D eigenvalue weighted by Crippen LogP contribution is -2.23. The third-order valence-corrected chi connectivity index (χ3v) is 3.45. The average molecular weight is 270 g/mol. The highest BCUT2D eigenvalue weighted by Crippen LogP contribution is 2.28. The molecule has 2 nitrogen and oxygen atoms in total. The molecule has 0 aromatic heterocycles. The van der Waals surface area contributed by atoms with Crippen LogP contribution in [0.5, 0.6) is 0 Å². The molecule has 0 bridgehead atoms. The molecule has 0 saturated heterocycles. The molecule has 0 aliphatic heterocycles. The van der Waals surface area contributed by atoms with Gasteiger partial charge in [0.25, 0.3) is 0 Å². The standard InChI is InChI=1S/C12H16BrNO/c1-4-12(2,3)11(15)8-5-6-10(14)9(13)7-8/h5-7H,4,14H2,1-3H3. The minimum Gasteiger partial charge on any atom is -0.398 e. The molecule has 0 spiro atoms. The highest BCUT2D eigenvalue weighted by molar-refractivity contribution is 9.10. The van der Waals surface area contributed by atoms with Crippen molar-refractivity contribution in [3.8, 4) is 0 Å². The van der Waals surface area contributed by atoms with Gasteiger partial charge in [-0.15, -0.1) is 0 Å². The smallest absolute Gasteiger partial charge is 0.168 e. The van der Waals surface area contributed by atoms with E-state index in [1.165, 1.54) is 0 Å². The number of ketones is 1. The predicted octanol–water partition coefficient (Wildman–Crippen LogP) is 3.65. The highest BCUT2D eigenvalue weighted by atomic mass is 79.9. The summed E-state index contributed by atoms with van der Waals surface area (Å²) in [5.74, 6) is 0.158. The topological polar surface area (TPSA) is 43.1 Å². The summed E-state index contributed by atoms with van der Waals surface area (Å²) in [6.45, 7) is 5.93. The lowest BCUT2D eigenvalue weighted by atomic mass is 9.82. The molecule has 0 saturated carbocycles. The van der Waals surface area contributed by atoms with Gasteiger partial charge in [0.2, 0.25) is 0 Å². The summed E-state index contributed by atoms with van der Waals surface area (Å²) in [5, 5.41) is 0. The van der Waals surface area contributed by atoms with Crippen molar-refractivity contribution in [2.75, 3.05) is 5.73 Å². The lowest BCUT2D eigenvalue weighted by molar-refractivity contribution is 0.0833. The summed E-state index contributed by atoms with van der Waals surface area (Å²) in [6, 6.07) is 5.32. The molecule has 0 fully saturated rings. The van der Waals surface area contributed by atoms with Gasteiger partial charge < -0.3 is 5.73 Å². The van der Waals surface area contributed by atoms with E-state index in [9.17, 15) is 4.79 Å². The monoisotopic (exact) mass is 269 g/mol. The normalized spacial score (nSPS) is 11.5. The van der Waals surface area contributed by atoms with Crippen LogP contribution in [0.25, 0.3) is 0 Å². The number of halogens is 1. The SMILES string of the molecule is CCC(C)(C)C(=O)c1ccc(N)c(Br)c1. The van der Waals surface area contributed by atoms with E-state index >= 15 is 0 Å². The molecule has 1 rings (SSSR count). The van der Waals surface area contributed by atoms with Crippen molar-refractivity contribution in [1.29, 1.82) is 0 Å². The summed E-state index contributed by atoms with van der Waals surface area (Å²) in [6.07, 6.45) is 0.827. The molecule has 2 N–H and O–H groups in total. The van der Waals surface area contributed by atoms with Gasteiger partial charge in [-0.25, -0.2) is 0 Å². The fraction of sp³-hybridized carbons (Fsp3) is 0.417. The number of nitrogen functional groups attached to an aromatic ring is 1. The molecular formula is C12H16BrNO. The van der Waals surface area contributed by atoms with Crippen molar-refractivity contribution in [3.63, 3.8) is 0 Å². The maximum Gasteiger partial charge on any atom is 0.168 e. The van der Waals surface area contributed by atoms with Crippen LogP contribution in [-0.4, -0.2) is 5.78 Å². The largest absolute Gasteiger partial charge is 0.398 e. The van der Waals surface area contributed by atoms with Gasteiger partial charge >= 0.3 is 0 Å². The zero-order valence-electron chi connectivity index (χ0n) is 9.30. The minimum absolute atomic E-state index is 0.158. The van der Waals surface area contributed by atoms with Gasteiger partial charge in [-0.2, -0.15) is 0 Å². The summed E-state index contributed by atoms with van der Waals surface area (Å²) < 4.78 is 0.778. The quantitative estimate of drug-likeness (QED) is 0.673. The number of hydrogen-bond donors (Lipinski definition) is 1. The van der Waals surface area contributed by atoms with Gasteiger partial charge in [-0.05, 0) is 40.5 Å². The predicted molar refractivity (Wildman–Crippen MR) is 67.0 cm³/mol. The second-order valence-corrected chi connectivity index (χ2v) is 5.16. The Morgan fingerprint density at radius 1 is 1.47 bits per heavy atom. The Labute approximate surface area is 99.0 Å². The van der Waals surface area contributed by atoms with Crippen molar-refractivity contribution >= 4 is 27.4 Å². The van der Waals surface area contributed by atoms with Crippen LogP contribution in [0.1, 0.15) is 37.6 Å². The van der Waals surface area contributed by atoms with Gasteiger partial charge in [0.05, 0.1) is 0 Å². The van der Waals surface area contributed by atoms with Gasteiger partial charge in [0.15, 0.2) is 5.78 Å². The molecule has 1 aromatic rings. The number of nitrogens with two attached hydrogens (primary N) is 1. The summed E-state index contributed by atoms with van der Waals surface area (Å²) in [5.41, 5.74) is 6.73. The number of hydrogen-bond acceptors (Lipinski definition) is 2. The number of rotatable bonds is 3. The Balaban J connectivity index is 3.08. The molecule has 0 radical (unpaired) electrons. The molecular weight excluding hydrogens is 254 g/mol. The number of carbonyl (C=O) groups is 1. The fourth-order valence-corrected chi connectivity index (χ4v) is 1.60. The number of anilines is 1. The minimum atomic E-state index is -0.310.